The zero-order valence-electron chi connectivity index (χ0n) is 24.9. The molecule has 7 heteroatoms. The Morgan fingerprint density at radius 2 is 1.51 bits per heavy atom. The van der Waals surface area contributed by atoms with Gasteiger partial charge in [0.05, 0.1) is 16.6 Å². The molecule has 214 valence electrons. The molecule has 0 aliphatic carbocycles. The molecular weight excluding hydrogens is 514 g/mol. The minimum absolute atomic E-state index is 0.0559. The molecule has 0 atom stereocenters. The van der Waals surface area contributed by atoms with Gasteiger partial charge in [0, 0.05) is 34.5 Å². The van der Waals surface area contributed by atoms with Crippen molar-refractivity contribution in [2.24, 2.45) is 5.16 Å². The largest absolute Gasteiger partial charge is 0.331 e. The van der Waals surface area contributed by atoms with E-state index in [4.69, 9.17) is 4.84 Å². The summed E-state index contributed by atoms with van der Waals surface area (Å²) in [6.07, 6.45) is 4.38. The van der Waals surface area contributed by atoms with E-state index in [1.807, 2.05) is 93.5 Å². The first-order chi connectivity index (χ1) is 19.6. The molecule has 0 unspecified atom stereocenters. The summed E-state index contributed by atoms with van der Waals surface area (Å²) in [5.74, 6) is -0.742. The van der Waals surface area contributed by atoms with Crippen molar-refractivity contribution in [1.29, 1.82) is 0 Å². The standard InChI is InChI=1S/C34H39N3O4/c1-7-8-9-10-14-29(35-41-23(2)38)32(39)25-18-21-31-28(22-25)27-13-11-12-15-30(27)37(31)26-19-16-24(17-20-26)33(40)34(3,4)36(5)6/h11-13,15-22H,7-10,14H2,1-6H3/b35-29+. The third kappa shape index (κ3) is 6.30. The van der Waals surface area contributed by atoms with Gasteiger partial charge < -0.3 is 9.40 Å². The molecule has 3 aromatic carbocycles. The van der Waals surface area contributed by atoms with E-state index in [0.29, 0.717) is 17.5 Å². The minimum atomic E-state index is -0.620. The Morgan fingerprint density at radius 3 is 2.17 bits per heavy atom. The second-order valence-electron chi connectivity index (χ2n) is 11.2. The van der Waals surface area contributed by atoms with Crippen LogP contribution in [0.5, 0.6) is 0 Å². The number of carbonyl (C=O) groups is 3. The first kappa shape index (κ1) is 29.9. The van der Waals surface area contributed by atoms with Gasteiger partial charge in [-0.1, -0.05) is 49.5 Å². The quantitative estimate of drug-likeness (QED) is 0.0601. The fourth-order valence-electron chi connectivity index (χ4n) is 4.92. The van der Waals surface area contributed by atoms with Crippen molar-refractivity contribution < 1.29 is 19.2 Å². The fraction of sp³-hybridized carbons (Fsp3) is 0.353. The fourth-order valence-corrected chi connectivity index (χ4v) is 4.92. The predicted octanol–water partition coefficient (Wildman–Crippen LogP) is 7.38. The van der Waals surface area contributed by atoms with Crippen LogP contribution >= 0.6 is 0 Å². The van der Waals surface area contributed by atoms with Crippen LogP contribution in [0, 0.1) is 0 Å². The third-order valence-electron chi connectivity index (χ3n) is 7.81. The number of unbranched alkanes of at least 4 members (excludes halogenated alkanes) is 3. The molecule has 41 heavy (non-hydrogen) atoms. The van der Waals surface area contributed by atoms with Crippen molar-refractivity contribution in [3.05, 3.63) is 77.9 Å². The molecule has 0 saturated heterocycles. The lowest BCUT2D eigenvalue weighted by atomic mass is 9.92. The lowest BCUT2D eigenvalue weighted by Crippen LogP contribution is -2.45. The highest BCUT2D eigenvalue weighted by Gasteiger charge is 2.30. The van der Waals surface area contributed by atoms with E-state index < -0.39 is 11.5 Å². The number of nitrogens with zero attached hydrogens (tertiary/aromatic N) is 3. The number of benzene rings is 3. The lowest BCUT2D eigenvalue weighted by molar-refractivity contribution is -0.140. The first-order valence-corrected chi connectivity index (χ1v) is 14.2. The van der Waals surface area contributed by atoms with E-state index in [1.54, 1.807) is 6.07 Å². The number of ketones is 2. The van der Waals surface area contributed by atoms with Crippen LogP contribution in [0.2, 0.25) is 0 Å². The molecule has 0 aliphatic rings. The Bertz CT molecular complexity index is 1610. The molecule has 0 bridgehead atoms. The molecule has 0 spiro atoms. The van der Waals surface area contributed by atoms with E-state index in [0.717, 1.165) is 53.2 Å². The summed E-state index contributed by atoms with van der Waals surface area (Å²) in [5.41, 5.74) is 3.63. The van der Waals surface area contributed by atoms with Crippen molar-refractivity contribution in [1.82, 2.24) is 9.47 Å². The third-order valence-corrected chi connectivity index (χ3v) is 7.81. The van der Waals surface area contributed by atoms with Gasteiger partial charge in [0.1, 0.15) is 5.71 Å². The number of rotatable bonds is 12. The second kappa shape index (κ2) is 12.6. The molecule has 0 saturated carbocycles. The number of oxime groups is 1. The molecule has 0 radical (unpaired) electrons. The van der Waals surface area contributed by atoms with Crippen LogP contribution in [0.25, 0.3) is 27.5 Å². The zero-order chi connectivity index (χ0) is 29.7. The Balaban J connectivity index is 1.74. The average Bonchev–Trinajstić information content (AvgIpc) is 3.29. The normalized spacial score (nSPS) is 12.3. The van der Waals surface area contributed by atoms with Gasteiger partial charge in [0.25, 0.3) is 0 Å². The summed E-state index contributed by atoms with van der Waals surface area (Å²) >= 11 is 0. The maximum atomic E-state index is 13.5. The summed E-state index contributed by atoms with van der Waals surface area (Å²) in [6.45, 7) is 7.24. The van der Waals surface area contributed by atoms with Gasteiger partial charge in [-0.3, -0.25) is 14.5 Å². The maximum absolute atomic E-state index is 13.5. The molecule has 1 aromatic heterocycles. The van der Waals surface area contributed by atoms with Gasteiger partial charge in [-0.05, 0) is 89.3 Å². The molecule has 0 amide bonds. The molecule has 7 nitrogen and oxygen atoms in total. The van der Waals surface area contributed by atoms with Crippen LogP contribution in [0.1, 0.15) is 80.5 Å². The lowest BCUT2D eigenvalue weighted by Gasteiger charge is -2.30. The number of hydrogen-bond acceptors (Lipinski definition) is 6. The second-order valence-corrected chi connectivity index (χ2v) is 11.2. The van der Waals surface area contributed by atoms with E-state index in [2.05, 4.69) is 16.6 Å². The molecular formula is C34H39N3O4. The van der Waals surface area contributed by atoms with Gasteiger partial charge in [-0.15, -0.1) is 0 Å². The number of para-hydroxylation sites is 1. The van der Waals surface area contributed by atoms with Crippen molar-refractivity contribution in [3.63, 3.8) is 0 Å². The van der Waals surface area contributed by atoms with Gasteiger partial charge in [0.15, 0.2) is 5.78 Å². The van der Waals surface area contributed by atoms with Gasteiger partial charge in [-0.2, -0.15) is 0 Å². The Hall–Kier alpha value is -4.10. The predicted molar refractivity (Wildman–Crippen MR) is 165 cm³/mol. The SMILES string of the molecule is CCCCCC/C(=N\OC(C)=O)C(=O)c1ccc2c(c1)c1ccccc1n2-c1ccc(C(=O)C(C)(C)N(C)C)cc1. The van der Waals surface area contributed by atoms with Crippen molar-refractivity contribution in [2.45, 2.75) is 65.3 Å². The van der Waals surface area contributed by atoms with Crippen LogP contribution in [0.15, 0.2) is 71.9 Å². The zero-order valence-corrected chi connectivity index (χ0v) is 24.9. The summed E-state index contributed by atoms with van der Waals surface area (Å²) in [5, 5.41) is 5.86. The number of hydrogen-bond donors (Lipinski definition) is 0. The van der Waals surface area contributed by atoms with E-state index in [-0.39, 0.29) is 17.3 Å². The van der Waals surface area contributed by atoms with Crippen LogP contribution < -0.4 is 0 Å². The molecule has 4 rings (SSSR count). The van der Waals surface area contributed by atoms with E-state index >= 15 is 0 Å². The number of fused-ring (bicyclic) bond motifs is 3. The van der Waals surface area contributed by atoms with Gasteiger partial charge >= 0.3 is 5.97 Å². The Labute approximate surface area is 241 Å². The van der Waals surface area contributed by atoms with Gasteiger partial charge in [0.2, 0.25) is 5.78 Å². The highest BCUT2D eigenvalue weighted by Crippen LogP contribution is 2.33. The molecule has 0 fully saturated rings. The Morgan fingerprint density at radius 1 is 0.854 bits per heavy atom. The van der Waals surface area contributed by atoms with Crippen LogP contribution in [0.4, 0.5) is 0 Å². The molecule has 1 heterocycles. The highest BCUT2D eigenvalue weighted by atomic mass is 16.7. The topological polar surface area (TPSA) is 81.0 Å². The minimum Gasteiger partial charge on any atom is -0.318 e. The molecule has 0 aliphatic heterocycles. The maximum Gasteiger partial charge on any atom is 0.331 e. The monoisotopic (exact) mass is 553 g/mol. The van der Waals surface area contributed by atoms with E-state index in [9.17, 15) is 14.4 Å². The summed E-state index contributed by atoms with van der Waals surface area (Å²) in [6, 6.07) is 21.4. The Kier molecular flexibility index (Phi) is 9.18. The first-order valence-electron chi connectivity index (χ1n) is 14.2. The smallest absolute Gasteiger partial charge is 0.318 e. The number of aromatic nitrogens is 1. The summed E-state index contributed by atoms with van der Waals surface area (Å²) < 4.78 is 2.14. The van der Waals surface area contributed by atoms with E-state index in [1.165, 1.54) is 6.92 Å². The molecule has 0 N–H and O–H groups in total. The molecule has 4 aromatic rings. The number of carbonyl (C=O) groups excluding carboxylic acids is 3. The highest BCUT2D eigenvalue weighted by molar-refractivity contribution is 6.46. The summed E-state index contributed by atoms with van der Waals surface area (Å²) in [7, 11) is 3.81. The van der Waals surface area contributed by atoms with Gasteiger partial charge in [-0.25, -0.2) is 4.79 Å². The summed E-state index contributed by atoms with van der Waals surface area (Å²) in [4.78, 5) is 44.9. The number of likely N-dealkylation sites (N-methyl/N-ethyl adjacent to an activating group) is 1. The van der Waals surface area contributed by atoms with Crippen LogP contribution in [0.3, 0.4) is 0 Å². The van der Waals surface area contributed by atoms with Crippen molar-refractivity contribution in [3.8, 4) is 5.69 Å². The van der Waals surface area contributed by atoms with Crippen LogP contribution in [-0.2, 0) is 9.63 Å². The van der Waals surface area contributed by atoms with Crippen molar-refractivity contribution >= 4 is 45.1 Å². The number of Topliss-reactive ketones (excluding diaryl/α,β-unsaturated/α-hetero) is 2. The average molecular weight is 554 g/mol. The van der Waals surface area contributed by atoms with Crippen molar-refractivity contribution in [2.75, 3.05) is 14.1 Å². The van der Waals surface area contributed by atoms with Crippen LogP contribution in [-0.4, -0.2) is 52.3 Å².